The van der Waals surface area contributed by atoms with Crippen molar-refractivity contribution in [3.8, 4) is 0 Å². The van der Waals surface area contributed by atoms with E-state index in [0.29, 0.717) is 19.3 Å². The fourth-order valence-electron chi connectivity index (χ4n) is 5.33. The van der Waals surface area contributed by atoms with E-state index >= 15 is 0 Å². The molecule has 0 heterocycles. The van der Waals surface area contributed by atoms with E-state index in [2.05, 4.69) is 86.8 Å². The molecule has 0 radical (unpaired) electrons. The van der Waals surface area contributed by atoms with E-state index < -0.39 is 24.1 Å². The molecule has 0 aromatic heterocycles. The number of carbonyl (C=O) groups excluding carboxylic acids is 2. The summed E-state index contributed by atoms with van der Waals surface area (Å²) in [5, 5.41) is 9.60. The number of nitrogens with zero attached hydrogens (tertiary/aromatic N) is 1. The van der Waals surface area contributed by atoms with Gasteiger partial charge >= 0.3 is 17.9 Å². The summed E-state index contributed by atoms with van der Waals surface area (Å²) in [5.41, 5.74) is 0. The van der Waals surface area contributed by atoms with E-state index in [1.165, 1.54) is 19.3 Å². The van der Waals surface area contributed by atoms with Crippen molar-refractivity contribution in [2.24, 2.45) is 0 Å². The fourth-order valence-corrected chi connectivity index (χ4v) is 5.33. The molecule has 8 heteroatoms. The summed E-state index contributed by atoms with van der Waals surface area (Å²) in [6.07, 6.45) is 46.4. The zero-order chi connectivity index (χ0) is 40.0. The maximum Gasteiger partial charge on any atom is 0.362 e. The quantitative estimate of drug-likeness (QED) is 0.0298. The normalized spacial score (nSPS) is 13.9. The predicted octanol–water partition coefficient (Wildman–Crippen LogP) is 11.0. The third kappa shape index (κ3) is 34.3. The Kier molecular flexibility index (Phi) is 34.1. The average molecular weight is 755 g/mol. The van der Waals surface area contributed by atoms with Crippen LogP contribution in [0.3, 0.4) is 0 Å². The molecule has 1 N–H and O–H groups in total. The van der Waals surface area contributed by atoms with Crippen molar-refractivity contribution in [2.45, 2.75) is 148 Å². The van der Waals surface area contributed by atoms with Gasteiger partial charge in [0.15, 0.2) is 12.1 Å². The molecular formula is C46H76NO7+. The second-order valence-electron chi connectivity index (χ2n) is 14.5. The molecule has 0 bridgehead atoms. The minimum Gasteiger partial charge on any atom is -0.477 e. The Balaban J connectivity index is 4.54. The summed E-state index contributed by atoms with van der Waals surface area (Å²) in [5.74, 6) is -1.60. The Labute approximate surface area is 329 Å². The molecule has 0 aliphatic carbocycles. The first-order chi connectivity index (χ1) is 26.1. The van der Waals surface area contributed by atoms with E-state index in [9.17, 15) is 19.5 Å². The Morgan fingerprint density at radius 1 is 0.574 bits per heavy atom. The van der Waals surface area contributed by atoms with Crippen LogP contribution in [0, 0.1) is 0 Å². The van der Waals surface area contributed by atoms with Crippen LogP contribution in [0.15, 0.2) is 85.1 Å². The van der Waals surface area contributed by atoms with Crippen molar-refractivity contribution in [1.82, 2.24) is 0 Å². The molecule has 0 saturated heterocycles. The summed E-state index contributed by atoms with van der Waals surface area (Å²) in [6, 6.07) is -0.632. The molecule has 0 aliphatic rings. The number of allylic oxidation sites excluding steroid dienone is 14. The molecule has 54 heavy (non-hydrogen) atoms. The summed E-state index contributed by atoms with van der Waals surface area (Å²) < 4.78 is 17.1. The van der Waals surface area contributed by atoms with Gasteiger partial charge in [-0.15, -0.1) is 0 Å². The molecular weight excluding hydrogens is 679 g/mol. The number of carboxylic acid groups (broad SMARTS) is 1. The van der Waals surface area contributed by atoms with E-state index in [1.54, 1.807) is 0 Å². The average Bonchev–Trinajstić information content (AvgIpc) is 3.12. The van der Waals surface area contributed by atoms with Gasteiger partial charge in [-0.1, -0.05) is 131 Å². The molecule has 2 unspecified atom stereocenters. The number of carboxylic acids is 1. The van der Waals surface area contributed by atoms with Crippen LogP contribution in [-0.2, 0) is 28.6 Å². The smallest absolute Gasteiger partial charge is 0.362 e. The second-order valence-corrected chi connectivity index (χ2v) is 14.5. The van der Waals surface area contributed by atoms with Crippen molar-refractivity contribution >= 4 is 17.9 Å². The minimum absolute atomic E-state index is 0.0231. The molecule has 0 fully saturated rings. The topological polar surface area (TPSA) is 99.1 Å². The van der Waals surface area contributed by atoms with Crippen LogP contribution in [0.4, 0.5) is 0 Å². The van der Waals surface area contributed by atoms with Crippen molar-refractivity contribution in [2.75, 3.05) is 41.0 Å². The lowest BCUT2D eigenvalue weighted by molar-refractivity contribution is -0.887. The number of quaternary nitrogens is 1. The second kappa shape index (κ2) is 36.5. The Hall–Kier alpha value is -3.49. The molecule has 0 aromatic carbocycles. The van der Waals surface area contributed by atoms with Gasteiger partial charge in [0.05, 0.1) is 34.4 Å². The molecule has 0 aliphatic heterocycles. The van der Waals surface area contributed by atoms with Crippen LogP contribution < -0.4 is 0 Å². The number of aliphatic carboxylic acids is 1. The number of unbranched alkanes of at least 4 members (excludes halogenated alkanes) is 7. The highest BCUT2D eigenvalue weighted by atomic mass is 16.6. The molecule has 0 amide bonds. The lowest BCUT2D eigenvalue weighted by Gasteiger charge is -2.31. The van der Waals surface area contributed by atoms with E-state index in [4.69, 9.17) is 14.2 Å². The zero-order valence-electron chi connectivity index (χ0n) is 34.6. The van der Waals surface area contributed by atoms with E-state index in [-0.39, 0.29) is 36.7 Å². The maximum atomic E-state index is 12.7. The molecule has 0 aromatic rings. The number of esters is 2. The minimum atomic E-state index is -0.892. The van der Waals surface area contributed by atoms with Crippen molar-refractivity contribution in [3.63, 3.8) is 0 Å². The number of rotatable bonds is 35. The first kappa shape index (κ1) is 50.5. The van der Waals surface area contributed by atoms with E-state index in [0.717, 1.165) is 77.0 Å². The van der Waals surface area contributed by atoms with Gasteiger partial charge in [-0.05, 0) is 70.6 Å². The number of ether oxygens (including phenoxy) is 3. The van der Waals surface area contributed by atoms with Gasteiger partial charge in [-0.25, -0.2) is 4.79 Å². The molecule has 8 nitrogen and oxygen atoms in total. The van der Waals surface area contributed by atoms with Crippen LogP contribution in [-0.4, -0.2) is 80.6 Å². The van der Waals surface area contributed by atoms with E-state index in [1.807, 2.05) is 33.3 Å². The highest BCUT2D eigenvalue weighted by molar-refractivity contribution is 5.72. The predicted molar refractivity (Wildman–Crippen MR) is 224 cm³/mol. The number of carbonyl (C=O) groups is 3. The van der Waals surface area contributed by atoms with Crippen LogP contribution in [0.1, 0.15) is 136 Å². The Morgan fingerprint density at radius 2 is 1.07 bits per heavy atom. The van der Waals surface area contributed by atoms with Crippen LogP contribution >= 0.6 is 0 Å². The molecule has 0 saturated carbocycles. The fraction of sp³-hybridized carbons (Fsp3) is 0.630. The van der Waals surface area contributed by atoms with Gasteiger partial charge in [0.1, 0.15) is 6.61 Å². The van der Waals surface area contributed by atoms with Crippen molar-refractivity contribution in [3.05, 3.63) is 85.1 Å². The monoisotopic (exact) mass is 755 g/mol. The van der Waals surface area contributed by atoms with Crippen molar-refractivity contribution in [1.29, 1.82) is 0 Å². The zero-order valence-corrected chi connectivity index (χ0v) is 34.6. The SMILES string of the molecule is CC/C=C\C/C=C\C/C=C\C/C=C\C/C=C\C/C=C\CCC(=O)OC(COCCC(C(=O)O)[N+](C)(C)C)COC(=O)CCCCCCC/C=C\CCCC. The summed E-state index contributed by atoms with van der Waals surface area (Å²) in [4.78, 5) is 36.8. The number of likely N-dealkylation sites (N-methyl/N-ethyl adjacent to an activating group) is 1. The largest absolute Gasteiger partial charge is 0.477 e. The summed E-state index contributed by atoms with van der Waals surface area (Å²) in [6.45, 7) is 4.46. The van der Waals surface area contributed by atoms with Gasteiger partial charge < -0.3 is 23.8 Å². The lowest BCUT2D eigenvalue weighted by atomic mass is 10.1. The van der Waals surface area contributed by atoms with Crippen LogP contribution in [0.5, 0.6) is 0 Å². The van der Waals surface area contributed by atoms with Crippen molar-refractivity contribution < 1.29 is 38.2 Å². The van der Waals surface area contributed by atoms with Gasteiger partial charge in [0.25, 0.3) is 0 Å². The van der Waals surface area contributed by atoms with Gasteiger partial charge in [-0.3, -0.25) is 9.59 Å². The van der Waals surface area contributed by atoms with Gasteiger partial charge in [-0.2, -0.15) is 0 Å². The molecule has 0 spiro atoms. The first-order valence-electron chi connectivity index (χ1n) is 20.6. The highest BCUT2D eigenvalue weighted by Crippen LogP contribution is 2.11. The van der Waals surface area contributed by atoms with Crippen LogP contribution in [0.25, 0.3) is 0 Å². The third-order valence-electron chi connectivity index (χ3n) is 8.54. The lowest BCUT2D eigenvalue weighted by Crippen LogP contribution is -2.50. The molecule has 0 rings (SSSR count). The maximum absolute atomic E-state index is 12.7. The third-order valence-corrected chi connectivity index (χ3v) is 8.54. The highest BCUT2D eigenvalue weighted by Gasteiger charge is 2.31. The first-order valence-corrected chi connectivity index (χ1v) is 20.6. The Morgan fingerprint density at radius 3 is 1.61 bits per heavy atom. The van der Waals surface area contributed by atoms with Gasteiger partial charge in [0.2, 0.25) is 0 Å². The number of hydrogen-bond donors (Lipinski definition) is 1. The summed E-state index contributed by atoms with van der Waals surface area (Å²) in [7, 11) is 5.48. The van der Waals surface area contributed by atoms with Crippen LogP contribution in [0.2, 0.25) is 0 Å². The molecule has 306 valence electrons. The molecule has 2 atom stereocenters. The Bertz CT molecular complexity index is 1160. The summed E-state index contributed by atoms with van der Waals surface area (Å²) >= 11 is 0. The van der Waals surface area contributed by atoms with Gasteiger partial charge in [0, 0.05) is 19.3 Å². The number of hydrogen-bond acceptors (Lipinski definition) is 6. The standard InChI is InChI=1S/C46H75NO7/c1-6-8-10-12-14-16-18-19-20-21-22-23-24-25-27-29-31-33-35-37-45(49)54-42(40-52-39-38-43(46(50)51)47(3,4)5)41-53-44(48)36-34-32-30-28-26-17-15-13-11-9-7-2/h8,10,13-16,19-20,22-23,25,27,31,33,42-43H,6-7,9,11-12,17-18,21,24,26,28-30,32,34-41H2,1-5H3/p+1/b10-8-,15-13-,16-14-,20-19-,23-22-,27-25-,33-31-.